The van der Waals surface area contributed by atoms with E-state index in [0.29, 0.717) is 19.6 Å². The molecule has 0 aromatic heterocycles. The molecule has 0 aliphatic rings. The van der Waals surface area contributed by atoms with Crippen LogP contribution in [0.4, 0.5) is 0 Å². The first-order valence-corrected chi connectivity index (χ1v) is 8.68. The van der Waals surface area contributed by atoms with Gasteiger partial charge in [0.15, 0.2) is 5.92 Å². The number of halogens is 1. The van der Waals surface area contributed by atoms with Crippen LogP contribution in [0.15, 0.2) is 0 Å². The lowest BCUT2D eigenvalue weighted by Crippen LogP contribution is -2.28. The van der Waals surface area contributed by atoms with E-state index in [9.17, 15) is 9.59 Å². The van der Waals surface area contributed by atoms with Gasteiger partial charge in [-0.25, -0.2) is 0 Å². The maximum Gasteiger partial charge on any atom is 0.320 e. The summed E-state index contributed by atoms with van der Waals surface area (Å²) in [6.07, 6.45) is 7.20. The van der Waals surface area contributed by atoms with Gasteiger partial charge in [0.1, 0.15) is 0 Å². The van der Waals surface area contributed by atoms with Crippen LogP contribution in [-0.4, -0.2) is 30.5 Å². The number of carbonyl (C=O) groups excluding carboxylic acids is 2. The Labute approximate surface area is 130 Å². The number of alkyl halides is 1. The molecule has 118 valence electrons. The number of hydrogen-bond acceptors (Lipinski definition) is 4. The van der Waals surface area contributed by atoms with Gasteiger partial charge in [0.25, 0.3) is 0 Å². The summed E-state index contributed by atoms with van der Waals surface area (Å²) in [5, 5.41) is 1.06. The van der Waals surface area contributed by atoms with E-state index in [4.69, 9.17) is 9.47 Å². The molecular weight excluding hydrogens is 324 g/mol. The summed E-state index contributed by atoms with van der Waals surface area (Å²) in [6, 6.07) is 0. The van der Waals surface area contributed by atoms with Crippen LogP contribution in [0.1, 0.15) is 58.8 Å². The maximum absolute atomic E-state index is 11.7. The normalized spacial score (nSPS) is 10.6. The van der Waals surface area contributed by atoms with Crippen molar-refractivity contribution in [1.29, 1.82) is 0 Å². The zero-order valence-corrected chi connectivity index (χ0v) is 14.2. The molecule has 0 aliphatic heterocycles. The molecule has 0 rings (SSSR count). The third kappa shape index (κ3) is 9.34. The molecule has 0 N–H and O–H groups in total. The van der Waals surface area contributed by atoms with Crippen molar-refractivity contribution in [1.82, 2.24) is 0 Å². The second-order valence-electron chi connectivity index (χ2n) is 4.66. The molecule has 0 aromatic carbocycles. The average Bonchev–Trinajstić information content (AvgIpc) is 2.42. The second-order valence-corrected chi connectivity index (χ2v) is 5.45. The van der Waals surface area contributed by atoms with Gasteiger partial charge in [-0.15, -0.1) is 0 Å². The van der Waals surface area contributed by atoms with E-state index in [1.54, 1.807) is 13.8 Å². The first-order chi connectivity index (χ1) is 9.67. The summed E-state index contributed by atoms with van der Waals surface area (Å²) in [4.78, 5) is 23.5. The van der Waals surface area contributed by atoms with Gasteiger partial charge >= 0.3 is 11.9 Å². The van der Waals surface area contributed by atoms with Crippen LogP contribution in [0, 0.1) is 5.92 Å². The Bertz CT molecular complexity index is 251. The standard InChI is InChI=1S/C15H27BrO4/c1-3-19-14(17)13(15(18)20-4-2)11-9-7-5-6-8-10-12-16/h13H,3-12H2,1-2H3. The third-order valence-corrected chi connectivity index (χ3v) is 3.58. The second kappa shape index (κ2) is 13.4. The summed E-state index contributed by atoms with van der Waals surface area (Å²) in [5.74, 6) is -1.66. The summed E-state index contributed by atoms with van der Waals surface area (Å²) in [5.41, 5.74) is 0. The first kappa shape index (κ1) is 19.4. The zero-order valence-electron chi connectivity index (χ0n) is 12.7. The Balaban J connectivity index is 3.97. The number of esters is 2. The predicted molar refractivity (Wildman–Crippen MR) is 82.9 cm³/mol. The van der Waals surface area contributed by atoms with Crippen molar-refractivity contribution >= 4 is 27.9 Å². The number of ether oxygens (including phenoxy) is 2. The number of rotatable bonds is 12. The van der Waals surface area contributed by atoms with Crippen molar-refractivity contribution in [2.45, 2.75) is 58.8 Å². The number of carbonyl (C=O) groups is 2. The molecule has 0 saturated carbocycles. The largest absolute Gasteiger partial charge is 0.465 e. The molecule has 4 nitrogen and oxygen atoms in total. The van der Waals surface area contributed by atoms with Crippen LogP contribution in [0.25, 0.3) is 0 Å². The highest BCUT2D eigenvalue weighted by molar-refractivity contribution is 9.09. The van der Waals surface area contributed by atoms with Gasteiger partial charge in [-0.1, -0.05) is 48.0 Å². The molecule has 0 radical (unpaired) electrons. The van der Waals surface area contributed by atoms with Gasteiger partial charge in [-0.2, -0.15) is 0 Å². The number of unbranched alkanes of at least 4 members (excludes halogenated alkanes) is 5. The molecule has 0 unspecified atom stereocenters. The summed E-state index contributed by atoms with van der Waals surface area (Å²) in [6.45, 7) is 4.07. The first-order valence-electron chi connectivity index (χ1n) is 7.56. The molecule has 0 aliphatic carbocycles. The van der Waals surface area contributed by atoms with Gasteiger partial charge in [-0.05, 0) is 26.7 Å². The SMILES string of the molecule is CCOC(=O)C(CCCCCCCCBr)C(=O)OCC. The Kier molecular flexibility index (Phi) is 13.0. The zero-order chi connectivity index (χ0) is 15.2. The van der Waals surface area contributed by atoms with Crippen LogP contribution in [0.3, 0.4) is 0 Å². The minimum absolute atomic E-state index is 0.293. The summed E-state index contributed by atoms with van der Waals surface area (Å²) in [7, 11) is 0. The molecule has 0 spiro atoms. The molecule has 20 heavy (non-hydrogen) atoms. The van der Waals surface area contributed by atoms with E-state index < -0.39 is 17.9 Å². The van der Waals surface area contributed by atoms with Crippen molar-refractivity contribution < 1.29 is 19.1 Å². The molecule has 0 atom stereocenters. The van der Waals surface area contributed by atoms with Crippen molar-refractivity contribution in [3.05, 3.63) is 0 Å². The van der Waals surface area contributed by atoms with Crippen molar-refractivity contribution in [3.63, 3.8) is 0 Å². The lowest BCUT2D eigenvalue weighted by Gasteiger charge is -2.14. The molecule has 0 heterocycles. The Hall–Kier alpha value is -0.580. The minimum atomic E-state index is -0.752. The molecule has 0 saturated heterocycles. The molecule has 5 heteroatoms. The third-order valence-electron chi connectivity index (χ3n) is 3.02. The molecule has 0 fully saturated rings. The van der Waals surface area contributed by atoms with Crippen LogP contribution in [0.2, 0.25) is 0 Å². The van der Waals surface area contributed by atoms with E-state index in [0.717, 1.165) is 24.6 Å². The van der Waals surface area contributed by atoms with Crippen LogP contribution in [0.5, 0.6) is 0 Å². The van der Waals surface area contributed by atoms with Gasteiger partial charge in [0.05, 0.1) is 13.2 Å². The summed E-state index contributed by atoms with van der Waals surface area (Å²) < 4.78 is 9.87. The Morgan fingerprint density at radius 3 is 1.75 bits per heavy atom. The highest BCUT2D eigenvalue weighted by Crippen LogP contribution is 2.15. The topological polar surface area (TPSA) is 52.6 Å². The van der Waals surface area contributed by atoms with Gasteiger partial charge < -0.3 is 9.47 Å². The Morgan fingerprint density at radius 1 is 0.850 bits per heavy atom. The molecule has 0 bridgehead atoms. The van der Waals surface area contributed by atoms with Crippen LogP contribution >= 0.6 is 15.9 Å². The monoisotopic (exact) mass is 350 g/mol. The predicted octanol–water partition coefficient (Wildman–Crippen LogP) is 3.85. The smallest absolute Gasteiger partial charge is 0.320 e. The quantitative estimate of drug-likeness (QED) is 0.232. The minimum Gasteiger partial charge on any atom is -0.465 e. The van der Waals surface area contributed by atoms with Gasteiger partial charge in [-0.3, -0.25) is 9.59 Å². The summed E-state index contributed by atoms with van der Waals surface area (Å²) >= 11 is 3.41. The highest BCUT2D eigenvalue weighted by Gasteiger charge is 2.28. The number of hydrogen-bond donors (Lipinski definition) is 0. The van der Waals surface area contributed by atoms with E-state index in [1.165, 1.54) is 19.3 Å². The fraction of sp³-hybridized carbons (Fsp3) is 0.867. The van der Waals surface area contributed by atoms with E-state index >= 15 is 0 Å². The van der Waals surface area contributed by atoms with Crippen molar-refractivity contribution in [2.75, 3.05) is 18.5 Å². The van der Waals surface area contributed by atoms with E-state index in [2.05, 4.69) is 15.9 Å². The van der Waals surface area contributed by atoms with Crippen molar-refractivity contribution in [2.24, 2.45) is 5.92 Å². The van der Waals surface area contributed by atoms with E-state index in [1.807, 2.05) is 0 Å². The maximum atomic E-state index is 11.7. The lowest BCUT2D eigenvalue weighted by atomic mass is 10.0. The van der Waals surface area contributed by atoms with Crippen molar-refractivity contribution in [3.8, 4) is 0 Å². The highest BCUT2D eigenvalue weighted by atomic mass is 79.9. The Morgan fingerprint density at radius 2 is 1.30 bits per heavy atom. The van der Waals surface area contributed by atoms with Gasteiger partial charge in [0, 0.05) is 5.33 Å². The fourth-order valence-corrected chi connectivity index (χ4v) is 2.36. The lowest BCUT2D eigenvalue weighted by molar-refractivity contribution is -0.161. The average molecular weight is 351 g/mol. The molecule has 0 amide bonds. The van der Waals surface area contributed by atoms with Gasteiger partial charge in [0.2, 0.25) is 0 Å². The van der Waals surface area contributed by atoms with Crippen LogP contribution in [-0.2, 0) is 19.1 Å². The molecule has 0 aromatic rings. The fourth-order valence-electron chi connectivity index (χ4n) is 1.97. The molecular formula is C15H27BrO4. The van der Waals surface area contributed by atoms with Crippen LogP contribution < -0.4 is 0 Å². The van der Waals surface area contributed by atoms with E-state index in [-0.39, 0.29) is 0 Å².